The van der Waals surface area contributed by atoms with Crippen molar-refractivity contribution in [2.75, 3.05) is 6.54 Å². The average molecular weight is 236 g/mol. The molecule has 0 aromatic heterocycles. The van der Waals surface area contributed by atoms with Gasteiger partial charge >= 0.3 is 0 Å². The van der Waals surface area contributed by atoms with Gasteiger partial charge in [0.2, 0.25) is 5.91 Å². The Labute approximate surface area is 99.0 Å². The molecule has 1 amide bonds. The van der Waals surface area contributed by atoms with Gasteiger partial charge < -0.3 is 15.4 Å². The van der Waals surface area contributed by atoms with Gasteiger partial charge in [-0.3, -0.25) is 4.79 Å². The summed E-state index contributed by atoms with van der Waals surface area (Å²) in [5.41, 5.74) is 0. The highest BCUT2D eigenvalue weighted by molar-refractivity contribution is 7.80. The number of benzene rings is 1. The number of amides is 1. The van der Waals surface area contributed by atoms with Crippen LogP contribution >= 0.6 is 12.2 Å². The van der Waals surface area contributed by atoms with Gasteiger partial charge in [0.25, 0.3) is 5.17 Å². The Morgan fingerprint density at radius 2 is 2.19 bits per heavy atom. The Balaban J connectivity index is 1.83. The van der Waals surface area contributed by atoms with Crippen LogP contribution in [0.5, 0.6) is 5.75 Å². The van der Waals surface area contributed by atoms with Crippen molar-refractivity contribution in [1.82, 2.24) is 10.6 Å². The molecule has 4 nitrogen and oxygen atoms in total. The standard InChI is InChI=1S/C11H12N2O2S/c14-10-6-8(7-12-10)13-11(16)15-9-4-2-1-3-5-9/h1-5,8H,6-7H2,(H,12,14)(H,13,16). The van der Waals surface area contributed by atoms with Crippen molar-refractivity contribution in [1.29, 1.82) is 0 Å². The van der Waals surface area contributed by atoms with Gasteiger partial charge in [-0.15, -0.1) is 0 Å². The summed E-state index contributed by atoms with van der Waals surface area (Å²) >= 11 is 5.04. The molecular weight excluding hydrogens is 224 g/mol. The molecule has 1 aliphatic rings. The van der Waals surface area contributed by atoms with Gasteiger partial charge in [0.15, 0.2) is 0 Å². The lowest BCUT2D eigenvalue weighted by atomic mass is 10.3. The minimum atomic E-state index is 0.0312. The van der Waals surface area contributed by atoms with Crippen LogP contribution in [0.3, 0.4) is 0 Å². The Morgan fingerprint density at radius 3 is 2.81 bits per heavy atom. The summed E-state index contributed by atoms with van der Waals surface area (Å²) in [7, 11) is 0. The van der Waals surface area contributed by atoms with Crippen LogP contribution in [0.2, 0.25) is 0 Å². The van der Waals surface area contributed by atoms with Crippen molar-refractivity contribution in [2.45, 2.75) is 12.5 Å². The fourth-order valence-electron chi connectivity index (χ4n) is 1.50. The molecule has 2 rings (SSSR count). The first-order valence-corrected chi connectivity index (χ1v) is 5.45. The molecule has 84 valence electrons. The molecule has 0 radical (unpaired) electrons. The zero-order valence-corrected chi connectivity index (χ0v) is 9.42. The van der Waals surface area contributed by atoms with Crippen molar-refractivity contribution in [3.63, 3.8) is 0 Å². The summed E-state index contributed by atoms with van der Waals surface area (Å²) in [5, 5.41) is 6.00. The van der Waals surface area contributed by atoms with Gasteiger partial charge in [-0.1, -0.05) is 18.2 Å². The lowest BCUT2D eigenvalue weighted by Gasteiger charge is -2.13. The number of ether oxygens (including phenoxy) is 1. The summed E-state index contributed by atoms with van der Waals surface area (Å²) in [6.45, 7) is 0.594. The highest BCUT2D eigenvalue weighted by atomic mass is 32.1. The molecule has 5 heteroatoms. The van der Waals surface area contributed by atoms with Crippen LogP contribution in [0.1, 0.15) is 6.42 Å². The first-order chi connectivity index (χ1) is 7.74. The number of hydrogen-bond acceptors (Lipinski definition) is 3. The first-order valence-electron chi connectivity index (χ1n) is 5.04. The van der Waals surface area contributed by atoms with E-state index in [2.05, 4.69) is 10.6 Å². The van der Waals surface area contributed by atoms with E-state index < -0.39 is 0 Å². The van der Waals surface area contributed by atoms with E-state index in [-0.39, 0.29) is 11.9 Å². The number of para-hydroxylation sites is 1. The SMILES string of the molecule is O=C1CC(NC(=S)Oc2ccccc2)CN1. The highest BCUT2D eigenvalue weighted by Crippen LogP contribution is 2.09. The monoisotopic (exact) mass is 236 g/mol. The molecule has 0 bridgehead atoms. The van der Waals surface area contributed by atoms with Crippen LogP contribution in [0, 0.1) is 0 Å². The Bertz CT molecular complexity index is 394. The van der Waals surface area contributed by atoms with E-state index in [1.807, 2.05) is 30.3 Å². The van der Waals surface area contributed by atoms with Gasteiger partial charge in [0, 0.05) is 13.0 Å². The fraction of sp³-hybridized carbons (Fsp3) is 0.273. The average Bonchev–Trinajstić information content (AvgIpc) is 2.65. The Morgan fingerprint density at radius 1 is 1.44 bits per heavy atom. The normalized spacial score (nSPS) is 19.0. The smallest absolute Gasteiger partial charge is 0.262 e. The predicted octanol–water partition coefficient (Wildman–Crippen LogP) is 0.828. The Kier molecular flexibility index (Phi) is 3.36. The van der Waals surface area contributed by atoms with Gasteiger partial charge in [-0.25, -0.2) is 0 Å². The van der Waals surface area contributed by atoms with Crippen LogP contribution in [-0.4, -0.2) is 23.7 Å². The largest absolute Gasteiger partial charge is 0.432 e. The van der Waals surface area contributed by atoms with Gasteiger partial charge in [0.1, 0.15) is 5.75 Å². The molecule has 0 aliphatic carbocycles. The molecule has 1 aliphatic heterocycles. The van der Waals surface area contributed by atoms with Crippen molar-refractivity contribution in [2.24, 2.45) is 0 Å². The maximum absolute atomic E-state index is 11.0. The van der Waals surface area contributed by atoms with Gasteiger partial charge in [0.05, 0.1) is 6.04 Å². The highest BCUT2D eigenvalue weighted by Gasteiger charge is 2.22. The van der Waals surface area contributed by atoms with Crippen LogP contribution in [0.25, 0.3) is 0 Å². The maximum Gasteiger partial charge on any atom is 0.262 e. The quantitative estimate of drug-likeness (QED) is 0.747. The number of carbonyl (C=O) groups is 1. The number of thiocarbonyl (C=S) groups is 1. The van der Waals surface area contributed by atoms with Crippen molar-refractivity contribution in [3.8, 4) is 5.75 Å². The zero-order valence-electron chi connectivity index (χ0n) is 8.60. The molecule has 2 N–H and O–H groups in total. The summed E-state index contributed by atoms with van der Waals surface area (Å²) in [4.78, 5) is 11.0. The first kappa shape index (κ1) is 10.9. The number of rotatable bonds is 2. The van der Waals surface area contributed by atoms with Crippen LogP contribution in [0.15, 0.2) is 30.3 Å². The van der Waals surface area contributed by atoms with E-state index in [9.17, 15) is 4.79 Å². The molecule has 16 heavy (non-hydrogen) atoms. The molecule has 1 saturated heterocycles. The van der Waals surface area contributed by atoms with E-state index >= 15 is 0 Å². The Hall–Kier alpha value is -1.62. The van der Waals surface area contributed by atoms with Crippen molar-refractivity contribution < 1.29 is 9.53 Å². The van der Waals surface area contributed by atoms with Crippen LogP contribution < -0.4 is 15.4 Å². The van der Waals surface area contributed by atoms with Crippen LogP contribution in [-0.2, 0) is 4.79 Å². The predicted molar refractivity (Wildman–Crippen MR) is 64.2 cm³/mol. The minimum absolute atomic E-state index is 0.0312. The lowest BCUT2D eigenvalue weighted by molar-refractivity contribution is -0.119. The summed E-state index contributed by atoms with van der Waals surface area (Å²) < 4.78 is 5.39. The van der Waals surface area contributed by atoms with Crippen molar-refractivity contribution in [3.05, 3.63) is 30.3 Å². The molecule has 1 heterocycles. The van der Waals surface area contributed by atoms with E-state index in [1.165, 1.54) is 0 Å². The maximum atomic E-state index is 11.0. The molecule has 1 atom stereocenters. The fourth-order valence-corrected chi connectivity index (χ4v) is 1.76. The molecule has 1 fully saturated rings. The van der Waals surface area contributed by atoms with Crippen LogP contribution in [0.4, 0.5) is 0 Å². The van der Waals surface area contributed by atoms with Gasteiger partial charge in [-0.2, -0.15) is 0 Å². The second-order valence-electron chi connectivity index (χ2n) is 3.55. The molecule has 0 spiro atoms. The topological polar surface area (TPSA) is 50.4 Å². The third kappa shape index (κ3) is 2.93. The van der Waals surface area contributed by atoms with Crippen molar-refractivity contribution >= 4 is 23.3 Å². The number of carbonyl (C=O) groups excluding carboxylic acids is 1. The summed E-state index contributed by atoms with van der Waals surface area (Å²) in [5.74, 6) is 0.734. The molecular formula is C11H12N2O2S. The summed E-state index contributed by atoms with van der Waals surface area (Å²) in [6, 6.07) is 9.33. The van der Waals surface area contributed by atoms with E-state index in [0.29, 0.717) is 23.9 Å². The number of nitrogens with one attached hydrogen (secondary N) is 2. The molecule has 1 aromatic rings. The third-order valence-corrected chi connectivity index (χ3v) is 2.45. The van der Waals surface area contributed by atoms with E-state index in [0.717, 1.165) is 0 Å². The summed E-state index contributed by atoms with van der Waals surface area (Å²) in [6.07, 6.45) is 0.443. The second-order valence-corrected chi connectivity index (χ2v) is 3.92. The van der Waals surface area contributed by atoms with E-state index in [1.54, 1.807) is 0 Å². The zero-order chi connectivity index (χ0) is 11.4. The minimum Gasteiger partial charge on any atom is -0.432 e. The second kappa shape index (κ2) is 4.94. The molecule has 1 unspecified atom stereocenters. The number of hydrogen-bond donors (Lipinski definition) is 2. The molecule has 1 aromatic carbocycles. The van der Waals surface area contributed by atoms with Gasteiger partial charge in [-0.05, 0) is 24.4 Å². The third-order valence-electron chi connectivity index (χ3n) is 2.25. The molecule has 0 saturated carbocycles. The van der Waals surface area contributed by atoms with E-state index in [4.69, 9.17) is 17.0 Å². The lowest BCUT2D eigenvalue weighted by Crippen LogP contribution is -2.37.